The quantitative estimate of drug-likeness (QED) is 0.696. The monoisotopic (exact) mass is 349 g/mol. The van der Waals surface area contributed by atoms with Crippen LogP contribution in [0.15, 0.2) is 42.7 Å². The van der Waals surface area contributed by atoms with Crippen molar-refractivity contribution in [1.82, 2.24) is 19.9 Å². The van der Waals surface area contributed by atoms with Crippen molar-refractivity contribution < 1.29 is 4.74 Å². The van der Waals surface area contributed by atoms with Crippen LogP contribution in [0, 0.1) is 13.8 Å². The molecule has 6 heteroatoms. The zero-order valence-electron chi connectivity index (χ0n) is 15.4. The Morgan fingerprint density at radius 1 is 1.00 bits per heavy atom. The third-order valence-corrected chi connectivity index (χ3v) is 4.02. The lowest BCUT2D eigenvalue weighted by molar-refractivity contribution is 0.302. The number of ether oxygens (including phenoxy) is 1. The molecule has 0 fully saturated rings. The van der Waals surface area contributed by atoms with Crippen molar-refractivity contribution in [2.24, 2.45) is 0 Å². The van der Waals surface area contributed by atoms with Crippen LogP contribution >= 0.6 is 0 Å². The highest BCUT2D eigenvalue weighted by molar-refractivity contribution is 5.56. The minimum absolute atomic E-state index is 0.575. The van der Waals surface area contributed by atoms with Crippen LogP contribution < -0.4 is 10.1 Å². The van der Waals surface area contributed by atoms with Gasteiger partial charge >= 0.3 is 0 Å². The van der Waals surface area contributed by atoms with Crippen LogP contribution in [0.1, 0.15) is 30.2 Å². The fourth-order valence-electron chi connectivity index (χ4n) is 2.48. The molecule has 0 saturated carbocycles. The van der Waals surface area contributed by atoms with E-state index >= 15 is 0 Å². The standard InChI is InChI=1S/C20H23N5O/c1-4-12-26-20-16(8-7-11-22-20)13-23-18-14(2)15(3)24-19(25-18)17-9-5-6-10-21-17/h5-11H,4,12-13H2,1-3H3,(H,23,24,25). The van der Waals surface area contributed by atoms with Gasteiger partial charge in [0.1, 0.15) is 11.5 Å². The first kappa shape index (κ1) is 17.8. The molecule has 3 rings (SSSR count). The van der Waals surface area contributed by atoms with Crippen LogP contribution in [0.4, 0.5) is 5.82 Å². The number of aryl methyl sites for hydroxylation is 1. The Kier molecular flexibility index (Phi) is 5.73. The molecule has 3 heterocycles. The van der Waals surface area contributed by atoms with E-state index in [2.05, 4.69) is 32.2 Å². The second kappa shape index (κ2) is 8.38. The van der Waals surface area contributed by atoms with Crippen molar-refractivity contribution in [2.45, 2.75) is 33.7 Å². The lowest BCUT2D eigenvalue weighted by Gasteiger charge is -2.14. The van der Waals surface area contributed by atoms with Crippen molar-refractivity contribution in [1.29, 1.82) is 0 Å². The summed E-state index contributed by atoms with van der Waals surface area (Å²) in [5, 5.41) is 3.40. The number of hydrogen-bond donors (Lipinski definition) is 1. The first-order valence-electron chi connectivity index (χ1n) is 8.76. The van der Waals surface area contributed by atoms with Gasteiger partial charge in [-0.05, 0) is 38.5 Å². The predicted octanol–water partition coefficient (Wildman–Crippen LogP) is 3.95. The Labute approximate surface area is 153 Å². The van der Waals surface area contributed by atoms with Crippen LogP contribution in [-0.2, 0) is 6.54 Å². The van der Waals surface area contributed by atoms with Gasteiger partial charge in [-0.3, -0.25) is 4.98 Å². The van der Waals surface area contributed by atoms with Crippen LogP contribution in [0.2, 0.25) is 0 Å². The molecule has 1 N–H and O–H groups in total. The molecule has 0 unspecified atom stereocenters. The summed E-state index contributed by atoms with van der Waals surface area (Å²) < 4.78 is 5.73. The van der Waals surface area contributed by atoms with Crippen LogP contribution in [0.25, 0.3) is 11.5 Å². The topological polar surface area (TPSA) is 72.8 Å². The van der Waals surface area contributed by atoms with Gasteiger partial charge in [0, 0.05) is 35.8 Å². The van der Waals surface area contributed by atoms with Gasteiger partial charge in [-0.2, -0.15) is 0 Å². The van der Waals surface area contributed by atoms with Gasteiger partial charge in [0.25, 0.3) is 0 Å². The number of hydrogen-bond acceptors (Lipinski definition) is 6. The highest BCUT2D eigenvalue weighted by Crippen LogP contribution is 2.22. The molecule has 26 heavy (non-hydrogen) atoms. The first-order valence-corrected chi connectivity index (χ1v) is 8.76. The predicted molar refractivity (Wildman–Crippen MR) is 102 cm³/mol. The van der Waals surface area contributed by atoms with Gasteiger partial charge in [-0.25, -0.2) is 15.0 Å². The van der Waals surface area contributed by atoms with Crippen LogP contribution in [0.3, 0.4) is 0 Å². The number of pyridine rings is 2. The highest BCUT2D eigenvalue weighted by atomic mass is 16.5. The molecule has 0 bridgehead atoms. The summed E-state index contributed by atoms with van der Waals surface area (Å²) in [6.07, 6.45) is 4.43. The van der Waals surface area contributed by atoms with E-state index in [-0.39, 0.29) is 0 Å². The minimum Gasteiger partial charge on any atom is -0.477 e. The van der Waals surface area contributed by atoms with Crippen molar-refractivity contribution in [2.75, 3.05) is 11.9 Å². The Bertz CT molecular complexity index is 867. The molecule has 134 valence electrons. The zero-order chi connectivity index (χ0) is 18.4. The lowest BCUT2D eigenvalue weighted by Crippen LogP contribution is -2.09. The maximum Gasteiger partial charge on any atom is 0.218 e. The summed E-state index contributed by atoms with van der Waals surface area (Å²) in [5.41, 5.74) is 3.70. The number of aromatic nitrogens is 4. The summed E-state index contributed by atoms with van der Waals surface area (Å²) in [5.74, 6) is 2.07. The normalized spacial score (nSPS) is 10.6. The van der Waals surface area contributed by atoms with Gasteiger partial charge in [-0.1, -0.05) is 19.1 Å². The highest BCUT2D eigenvalue weighted by Gasteiger charge is 2.11. The molecule has 0 amide bonds. The Morgan fingerprint density at radius 2 is 1.85 bits per heavy atom. The smallest absolute Gasteiger partial charge is 0.218 e. The number of rotatable bonds is 7. The molecule has 0 saturated heterocycles. The summed E-state index contributed by atoms with van der Waals surface area (Å²) in [4.78, 5) is 17.9. The average Bonchev–Trinajstić information content (AvgIpc) is 2.68. The molecule has 3 aromatic heterocycles. The fraction of sp³-hybridized carbons (Fsp3) is 0.300. The Hall–Kier alpha value is -3.02. The van der Waals surface area contributed by atoms with Gasteiger partial charge in [0.05, 0.1) is 6.61 Å². The molecule has 0 aliphatic rings. The van der Waals surface area contributed by atoms with E-state index in [1.807, 2.05) is 44.2 Å². The van der Waals surface area contributed by atoms with E-state index in [4.69, 9.17) is 4.74 Å². The first-order chi connectivity index (χ1) is 12.7. The summed E-state index contributed by atoms with van der Waals surface area (Å²) in [6, 6.07) is 9.64. The maximum absolute atomic E-state index is 5.73. The molecule has 0 aliphatic carbocycles. The van der Waals surface area contributed by atoms with Gasteiger partial charge in [0.2, 0.25) is 5.88 Å². The molecular formula is C20H23N5O. The SMILES string of the molecule is CCCOc1ncccc1CNc1nc(-c2ccccn2)nc(C)c1C. The summed E-state index contributed by atoms with van der Waals surface area (Å²) >= 11 is 0. The third kappa shape index (κ3) is 4.14. The van der Waals surface area contributed by atoms with E-state index in [1.165, 1.54) is 0 Å². The number of anilines is 1. The van der Waals surface area contributed by atoms with Crippen molar-refractivity contribution >= 4 is 5.82 Å². The van der Waals surface area contributed by atoms with Crippen molar-refractivity contribution in [3.63, 3.8) is 0 Å². The molecular weight excluding hydrogens is 326 g/mol. The van der Waals surface area contributed by atoms with E-state index in [0.29, 0.717) is 24.9 Å². The molecule has 0 spiro atoms. The second-order valence-corrected chi connectivity index (χ2v) is 5.99. The van der Waals surface area contributed by atoms with Crippen LogP contribution in [0.5, 0.6) is 5.88 Å². The van der Waals surface area contributed by atoms with Gasteiger partial charge in [0.15, 0.2) is 5.82 Å². The van der Waals surface area contributed by atoms with E-state index in [0.717, 1.165) is 34.8 Å². The Morgan fingerprint density at radius 3 is 2.62 bits per heavy atom. The van der Waals surface area contributed by atoms with Gasteiger partial charge < -0.3 is 10.1 Å². The lowest BCUT2D eigenvalue weighted by atomic mass is 10.2. The zero-order valence-corrected chi connectivity index (χ0v) is 15.4. The molecule has 0 aliphatic heterocycles. The molecule has 0 atom stereocenters. The molecule has 0 radical (unpaired) electrons. The summed E-state index contributed by atoms with van der Waals surface area (Å²) in [6.45, 7) is 7.30. The minimum atomic E-state index is 0.575. The second-order valence-electron chi connectivity index (χ2n) is 5.99. The molecule has 3 aromatic rings. The fourth-order valence-corrected chi connectivity index (χ4v) is 2.48. The van der Waals surface area contributed by atoms with Crippen molar-refractivity contribution in [3.8, 4) is 17.4 Å². The van der Waals surface area contributed by atoms with E-state index in [1.54, 1.807) is 12.4 Å². The largest absolute Gasteiger partial charge is 0.477 e. The molecule has 6 nitrogen and oxygen atoms in total. The van der Waals surface area contributed by atoms with Crippen molar-refractivity contribution in [3.05, 3.63) is 59.5 Å². The summed E-state index contributed by atoms with van der Waals surface area (Å²) in [7, 11) is 0. The van der Waals surface area contributed by atoms with Gasteiger partial charge in [-0.15, -0.1) is 0 Å². The number of nitrogens with zero attached hydrogens (tertiary/aromatic N) is 4. The van der Waals surface area contributed by atoms with Crippen LogP contribution in [-0.4, -0.2) is 26.5 Å². The third-order valence-electron chi connectivity index (χ3n) is 4.02. The Balaban J connectivity index is 1.83. The number of nitrogens with one attached hydrogen (secondary N) is 1. The maximum atomic E-state index is 5.73. The van der Waals surface area contributed by atoms with E-state index < -0.39 is 0 Å². The molecule has 0 aromatic carbocycles. The average molecular weight is 349 g/mol. The van der Waals surface area contributed by atoms with E-state index in [9.17, 15) is 0 Å².